The molecule has 0 bridgehead atoms. The second-order valence-electron chi connectivity index (χ2n) is 5.73. The van der Waals surface area contributed by atoms with Gasteiger partial charge in [-0.05, 0) is 18.6 Å². The van der Waals surface area contributed by atoms with Gasteiger partial charge in [0.15, 0.2) is 0 Å². The highest BCUT2D eigenvalue weighted by molar-refractivity contribution is 5.37. The van der Waals surface area contributed by atoms with Crippen LogP contribution in [0, 0.1) is 6.92 Å². The highest BCUT2D eigenvalue weighted by atomic mass is 16.5. The van der Waals surface area contributed by atoms with E-state index >= 15 is 0 Å². The van der Waals surface area contributed by atoms with E-state index in [9.17, 15) is 0 Å². The predicted molar refractivity (Wildman–Crippen MR) is 88.8 cm³/mol. The summed E-state index contributed by atoms with van der Waals surface area (Å²) < 4.78 is 5.99. The molecule has 2 aromatic carbocycles. The average Bonchev–Trinajstić information content (AvgIpc) is 2.48. The summed E-state index contributed by atoms with van der Waals surface area (Å²) in [6, 6.07) is 17.3. The minimum absolute atomic E-state index is 0.475. The van der Waals surface area contributed by atoms with Crippen molar-refractivity contribution in [1.29, 1.82) is 0 Å². The SMILES string of the molecule is Cc1ccc(OCCc2ccccc2)c(CNC(C)C)c1. The fourth-order valence-electron chi connectivity index (χ4n) is 2.22. The van der Waals surface area contributed by atoms with Crippen molar-refractivity contribution in [3.8, 4) is 5.75 Å². The molecule has 0 aliphatic rings. The molecule has 2 rings (SSSR count). The van der Waals surface area contributed by atoms with Crippen LogP contribution in [0.1, 0.15) is 30.5 Å². The standard InChI is InChI=1S/C19H25NO/c1-15(2)20-14-18-13-16(3)9-10-19(18)21-12-11-17-7-5-4-6-8-17/h4-10,13,15,20H,11-12,14H2,1-3H3. The maximum atomic E-state index is 5.99. The van der Waals surface area contributed by atoms with E-state index in [0.29, 0.717) is 12.6 Å². The second-order valence-corrected chi connectivity index (χ2v) is 5.73. The van der Waals surface area contributed by atoms with E-state index in [1.807, 2.05) is 6.07 Å². The van der Waals surface area contributed by atoms with Crippen molar-refractivity contribution >= 4 is 0 Å². The maximum absolute atomic E-state index is 5.99. The lowest BCUT2D eigenvalue weighted by Crippen LogP contribution is -2.22. The summed E-state index contributed by atoms with van der Waals surface area (Å²) in [4.78, 5) is 0. The summed E-state index contributed by atoms with van der Waals surface area (Å²) in [6.45, 7) is 7.99. The molecule has 0 aliphatic carbocycles. The van der Waals surface area contributed by atoms with Crippen LogP contribution in [0.5, 0.6) is 5.75 Å². The van der Waals surface area contributed by atoms with Crippen LogP contribution in [0.4, 0.5) is 0 Å². The Hall–Kier alpha value is -1.80. The van der Waals surface area contributed by atoms with Crippen molar-refractivity contribution in [2.24, 2.45) is 0 Å². The molecule has 0 unspecified atom stereocenters. The van der Waals surface area contributed by atoms with Gasteiger partial charge in [-0.3, -0.25) is 0 Å². The van der Waals surface area contributed by atoms with E-state index < -0.39 is 0 Å². The number of aryl methyl sites for hydroxylation is 1. The van der Waals surface area contributed by atoms with Crippen molar-refractivity contribution < 1.29 is 4.74 Å². The van der Waals surface area contributed by atoms with Crippen molar-refractivity contribution in [1.82, 2.24) is 5.32 Å². The largest absolute Gasteiger partial charge is 0.493 e. The summed E-state index contributed by atoms with van der Waals surface area (Å²) in [6.07, 6.45) is 0.936. The second kappa shape index (κ2) is 7.84. The quantitative estimate of drug-likeness (QED) is 0.825. The Morgan fingerprint density at radius 1 is 1.05 bits per heavy atom. The van der Waals surface area contributed by atoms with Crippen LogP contribution >= 0.6 is 0 Å². The Morgan fingerprint density at radius 3 is 2.52 bits per heavy atom. The molecule has 0 fully saturated rings. The molecule has 1 N–H and O–H groups in total. The molecular formula is C19H25NO. The van der Waals surface area contributed by atoms with Gasteiger partial charge in [0.25, 0.3) is 0 Å². The van der Waals surface area contributed by atoms with Gasteiger partial charge in [0.05, 0.1) is 6.61 Å². The van der Waals surface area contributed by atoms with Crippen molar-refractivity contribution in [3.05, 3.63) is 65.2 Å². The zero-order valence-corrected chi connectivity index (χ0v) is 13.2. The van der Waals surface area contributed by atoms with Gasteiger partial charge in [0.1, 0.15) is 5.75 Å². The third-order valence-electron chi connectivity index (χ3n) is 3.41. The molecule has 0 heterocycles. The Bertz CT molecular complexity index is 549. The zero-order valence-electron chi connectivity index (χ0n) is 13.2. The summed E-state index contributed by atoms with van der Waals surface area (Å²) in [5.74, 6) is 0.990. The molecule has 0 saturated carbocycles. The first-order chi connectivity index (χ1) is 10.1. The van der Waals surface area contributed by atoms with E-state index in [1.54, 1.807) is 0 Å². The van der Waals surface area contributed by atoms with Crippen LogP contribution in [0.2, 0.25) is 0 Å². The number of benzene rings is 2. The smallest absolute Gasteiger partial charge is 0.123 e. The minimum atomic E-state index is 0.475. The van der Waals surface area contributed by atoms with E-state index in [2.05, 4.69) is 68.6 Å². The van der Waals surface area contributed by atoms with Gasteiger partial charge in [-0.15, -0.1) is 0 Å². The van der Waals surface area contributed by atoms with E-state index in [1.165, 1.54) is 16.7 Å². The molecule has 0 aliphatic heterocycles. The van der Waals surface area contributed by atoms with E-state index in [-0.39, 0.29) is 0 Å². The minimum Gasteiger partial charge on any atom is -0.493 e. The van der Waals surface area contributed by atoms with E-state index in [0.717, 1.165) is 18.7 Å². The molecular weight excluding hydrogens is 258 g/mol. The van der Waals surface area contributed by atoms with Gasteiger partial charge < -0.3 is 10.1 Å². The number of hydrogen-bond acceptors (Lipinski definition) is 2. The molecule has 112 valence electrons. The van der Waals surface area contributed by atoms with Crippen molar-refractivity contribution in [3.63, 3.8) is 0 Å². The number of ether oxygens (including phenoxy) is 1. The highest BCUT2D eigenvalue weighted by Gasteiger charge is 2.05. The summed E-state index contributed by atoms with van der Waals surface area (Å²) in [5, 5.41) is 3.46. The number of nitrogens with one attached hydrogen (secondary N) is 1. The normalized spacial score (nSPS) is 10.9. The third-order valence-corrected chi connectivity index (χ3v) is 3.41. The lowest BCUT2D eigenvalue weighted by molar-refractivity contribution is 0.317. The molecule has 0 saturated heterocycles. The lowest BCUT2D eigenvalue weighted by atomic mass is 10.1. The van der Waals surface area contributed by atoms with Gasteiger partial charge in [0.2, 0.25) is 0 Å². The van der Waals surface area contributed by atoms with Gasteiger partial charge in [0, 0.05) is 24.6 Å². The molecule has 0 radical (unpaired) electrons. The van der Waals surface area contributed by atoms with Crippen LogP contribution < -0.4 is 10.1 Å². The monoisotopic (exact) mass is 283 g/mol. The summed E-state index contributed by atoms with van der Waals surface area (Å²) >= 11 is 0. The Labute approximate surface area is 128 Å². The molecule has 21 heavy (non-hydrogen) atoms. The maximum Gasteiger partial charge on any atom is 0.123 e. The van der Waals surface area contributed by atoms with Crippen LogP contribution in [0.15, 0.2) is 48.5 Å². The molecule has 0 spiro atoms. The zero-order chi connectivity index (χ0) is 15.1. The van der Waals surface area contributed by atoms with Gasteiger partial charge >= 0.3 is 0 Å². The van der Waals surface area contributed by atoms with Crippen LogP contribution in [0.25, 0.3) is 0 Å². The van der Waals surface area contributed by atoms with Gasteiger partial charge in [-0.25, -0.2) is 0 Å². The molecule has 2 nitrogen and oxygen atoms in total. The topological polar surface area (TPSA) is 21.3 Å². The van der Waals surface area contributed by atoms with Crippen molar-refractivity contribution in [2.45, 2.75) is 39.8 Å². The molecule has 0 aromatic heterocycles. The number of hydrogen-bond donors (Lipinski definition) is 1. The summed E-state index contributed by atoms with van der Waals surface area (Å²) in [5.41, 5.74) is 3.81. The Kier molecular flexibility index (Phi) is 5.82. The van der Waals surface area contributed by atoms with Crippen molar-refractivity contribution in [2.75, 3.05) is 6.61 Å². The predicted octanol–water partition coefficient (Wildman–Crippen LogP) is 4.11. The first kappa shape index (κ1) is 15.6. The molecule has 0 atom stereocenters. The number of rotatable bonds is 7. The lowest BCUT2D eigenvalue weighted by Gasteiger charge is -2.14. The highest BCUT2D eigenvalue weighted by Crippen LogP contribution is 2.20. The fraction of sp³-hybridized carbons (Fsp3) is 0.368. The van der Waals surface area contributed by atoms with Gasteiger partial charge in [-0.1, -0.05) is 61.9 Å². The van der Waals surface area contributed by atoms with E-state index in [4.69, 9.17) is 4.74 Å². The Balaban J connectivity index is 1.95. The van der Waals surface area contributed by atoms with Crippen LogP contribution in [0.3, 0.4) is 0 Å². The van der Waals surface area contributed by atoms with Crippen LogP contribution in [-0.4, -0.2) is 12.6 Å². The van der Waals surface area contributed by atoms with Gasteiger partial charge in [-0.2, -0.15) is 0 Å². The Morgan fingerprint density at radius 2 is 1.81 bits per heavy atom. The van der Waals surface area contributed by atoms with Crippen LogP contribution in [-0.2, 0) is 13.0 Å². The first-order valence-electron chi connectivity index (χ1n) is 7.65. The fourth-order valence-corrected chi connectivity index (χ4v) is 2.22. The third kappa shape index (κ3) is 5.24. The summed E-state index contributed by atoms with van der Waals surface area (Å²) in [7, 11) is 0. The average molecular weight is 283 g/mol. The molecule has 0 amide bonds. The first-order valence-corrected chi connectivity index (χ1v) is 7.65. The molecule has 2 heteroatoms. The molecule has 2 aromatic rings.